The molecule has 0 amide bonds. The van der Waals surface area contributed by atoms with Gasteiger partial charge in [0.05, 0.1) is 5.60 Å². The van der Waals surface area contributed by atoms with E-state index in [-0.39, 0.29) is 11.2 Å². The summed E-state index contributed by atoms with van der Waals surface area (Å²) in [7, 11) is 0. The third-order valence-corrected chi connectivity index (χ3v) is 4.57. The number of hydrogen-bond donors (Lipinski definition) is 0. The Morgan fingerprint density at radius 2 is 2.19 bits per heavy atom. The van der Waals surface area contributed by atoms with Crippen LogP contribution in [0.1, 0.15) is 33.6 Å². The molecule has 0 N–H and O–H groups in total. The zero-order valence-electron chi connectivity index (χ0n) is 10.4. The molecule has 2 bridgehead atoms. The quantitative estimate of drug-likeness (QED) is 0.608. The van der Waals surface area contributed by atoms with E-state index in [1.165, 1.54) is 17.6 Å². The van der Waals surface area contributed by atoms with E-state index >= 15 is 0 Å². The SMILES string of the molecule is C=C1CC[C@H]2C1=C[C@@]1(C(C)C)C=C[C@]2(C)O1. The van der Waals surface area contributed by atoms with Gasteiger partial charge in [0.15, 0.2) is 0 Å². The van der Waals surface area contributed by atoms with Crippen molar-refractivity contribution < 1.29 is 4.74 Å². The summed E-state index contributed by atoms with van der Waals surface area (Å²) in [5.74, 6) is 1.01. The van der Waals surface area contributed by atoms with Crippen molar-refractivity contribution in [2.24, 2.45) is 11.8 Å². The summed E-state index contributed by atoms with van der Waals surface area (Å²) in [6.45, 7) is 10.9. The van der Waals surface area contributed by atoms with Crippen LogP contribution in [0.25, 0.3) is 0 Å². The van der Waals surface area contributed by atoms with Gasteiger partial charge in [0.2, 0.25) is 0 Å². The van der Waals surface area contributed by atoms with Crippen LogP contribution in [-0.4, -0.2) is 11.2 Å². The average Bonchev–Trinajstić information content (AvgIpc) is 2.71. The summed E-state index contributed by atoms with van der Waals surface area (Å²) in [6, 6.07) is 0. The molecule has 0 aromatic carbocycles. The molecule has 0 aromatic heterocycles. The zero-order valence-corrected chi connectivity index (χ0v) is 10.4. The Labute approximate surface area is 97.9 Å². The molecule has 1 aliphatic carbocycles. The molecule has 1 heteroatoms. The molecule has 2 heterocycles. The van der Waals surface area contributed by atoms with Crippen molar-refractivity contribution in [3.63, 3.8) is 0 Å². The van der Waals surface area contributed by atoms with Crippen LogP contribution in [0.15, 0.2) is 36.0 Å². The van der Waals surface area contributed by atoms with Crippen LogP contribution in [0.2, 0.25) is 0 Å². The lowest BCUT2D eigenvalue weighted by Crippen LogP contribution is -2.45. The van der Waals surface area contributed by atoms with Crippen molar-refractivity contribution in [3.8, 4) is 0 Å². The minimum atomic E-state index is -0.173. The second kappa shape index (κ2) is 2.89. The normalized spacial score (nSPS) is 45.1. The van der Waals surface area contributed by atoms with E-state index in [1.54, 1.807) is 0 Å². The van der Waals surface area contributed by atoms with Gasteiger partial charge in [-0.25, -0.2) is 0 Å². The minimum absolute atomic E-state index is 0.0895. The second-order valence-electron chi connectivity index (χ2n) is 5.92. The summed E-state index contributed by atoms with van der Waals surface area (Å²) in [5.41, 5.74) is 2.53. The maximum Gasteiger partial charge on any atom is 0.108 e. The molecule has 86 valence electrons. The molecule has 1 fully saturated rings. The van der Waals surface area contributed by atoms with E-state index < -0.39 is 0 Å². The molecule has 0 aromatic rings. The van der Waals surface area contributed by atoms with Crippen LogP contribution >= 0.6 is 0 Å². The van der Waals surface area contributed by atoms with Gasteiger partial charge in [0.1, 0.15) is 5.60 Å². The Hall–Kier alpha value is -0.820. The Kier molecular flexibility index (Phi) is 1.87. The Morgan fingerprint density at radius 1 is 1.44 bits per heavy atom. The molecule has 0 radical (unpaired) electrons. The predicted octanol–water partition coefficient (Wildman–Crippen LogP) is 3.63. The first-order chi connectivity index (χ1) is 7.47. The van der Waals surface area contributed by atoms with Gasteiger partial charge in [0, 0.05) is 5.92 Å². The second-order valence-corrected chi connectivity index (χ2v) is 5.92. The van der Waals surface area contributed by atoms with Crippen molar-refractivity contribution >= 4 is 0 Å². The van der Waals surface area contributed by atoms with Crippen molar-refractivity contribution in [3.05, 3.63) is 36.0 Å². The standard InChI is InChI=1S/C15H20O/c1-10(2)15-8-7-14(4,16-15)13-6-5-11(3)12(13)9-15/h7-10,13H,3,5-6H2,1-2,4H3/t13-,14-,15+/m0/s1. The summed E-state index contributed by atoms with van der Waals surface area (Å²) in [4.78, 5) is 0. The topological polar surface area (TPSA) is 9.23 Å². The maximum absolute atomic E-state index is 6.37. The van der Waals surface area contributed by atoms with E-state index in [9.17, 15) is 0 Å². The third kappa shape index (κ3) is 1.10. The summed E-state index contributed by atoms with van der Waals surface area (Å²) < 4.78 is 6.37. The molecule has 3 rings (SSSR count). The van der Waals surface area contributed by atoms with Crippen LogP contribution in [0, 0.1) is 11.8 Å². The molecule has 0 unspecified atom stereocenters. The first-order valence-corrected chi connectivity index (χ1v) is 6.28. The summed E-state index contributed by atoms with van der Waals surface area (Å²) in [6.07, 6.45) is 9.20. The minimum Gasteiger partial charge on any atom is -0.356 e. The van der Waals surface area contributed by atoms with Crippen LogP contribution in [0.4, 0.5) is 0 Å². The Morgan fingerprint density at radius 3 is 2.88 bits per heavy atom. The third-order valence-electron chi connectivity index (χ3n) is 4.57. The summed E-state index contributed by atoms with van der Waals surface area (Å²) in [5, 5.41) is 0. The van der Waals surface area contributed by atoms with Crippen LogP contribution in [0.3, 0.4) is 0 Å². The Bertz CT molecular complexity index is 415. The van der Waals surface area contributed by atoms with E-state index in [0.29, 0.717) is 11.8 Å². The van der Waals surface area contributed by atoms with Gasteiger partial charge in [-0.15, -0.1) is 0 Å². The Balaban J connectivity index is 2.14. The van der Waals surface area contributed by atoms with Gasteiger partial charge in [0.25, 0.3) is 0 Å². The maximum atomic E-state index is 6.37. The number of allylic oxidation sites excluding steroid dienone is 1. The highest BCUT2D eigenvalue weighted by atomic mass is 16.5. The van der Waals surface area contributed by atoms with Gasteiger partial charge in [-0.05, 0) is 43.4 Å². The summed E-state index contributed by atoms with van der Waals surface area (Å²) >= 11 is 0. The lowest BCUT2D eigenvalue weighted by molar-refractivity contribution is -0.106. The highest BCUT2D eigenvalue weighted by molar-refractivity contribution is 5.47. The van der Waals surface area contributed by atoms with E-state index in [4.69, 9.17) is 4.74 Å². The first-order valence-electron chi connectivity index (χ1n) is 6.28. The zero-order chi connectivity index (χ0) is 11.6. The number of hydrogen-bond acceptors (Lipinski definition) is 1. The lowest BCUT2D eigenvalue weighted by Gasteiger charge is -2.43. The fourth-order valence-electron chi connectivity index (χ4n) is 3.39. The fraction of sp³-hybridized carbons (Fsp3) is 0.600. The van der Waals surface area contributed by atoms with E-state index in [1.807, 2.05) is 0 Å². The lowest BCUT2D eigenvalue weighted by atomic mass is 9.80. The molecule has 16 heavy (non-hydrogen) atoms. The van der Waals surface area contributed by atoms with Crippen molar-refractivity contribution in [1.29, 1.82) is 0 Å². The van der Waals surface area contributed by atoms with Gasteiger partial charge < -0.3 is 4.74 Å². The van der Waals surface area contributed by atoms with E-state index in [0.717, 1.165) is 6.42 Å². The average molecular weight is 216 g/mol. The number of ether oxygens (including phenoxy) is 1. The molecule has 2 aliphatic heterocycles. The predicted molar refractivity (Wildman–Crippen MR) is 66.1 cm³/mol. The molecule has 0 spiro atoms. The monoisotopic (exact) mass is 216 g/mol. The highest BCUT2D eigenvalue weighted by Crippen LogP contribution is 2.54. The first kappa shape index (κ1) is 10.3. The molecule has 3 atom stereocenters. The van der Waals surface area contributed by atoms with Gasteiger partial charge in [-0.2, -0.15) is 0 Å². The van der Waals surface area contributed by atoms with Crippen molar-refractivity contribution in [2.45, 2.75) is 44.8 Å². The molecule has 1 saturated carbocycles. The smallest absolute Gasteiger partial charge is 0.108 e. The molecule has 3 aliphatic rings. The van der Waals surface area contributed by atoms with Gasteiger partial charge >= 0.3 is 0 Å². The van der Waals surface area contributed by atoms with E-state index in [2.05, 4.69) is 45.6 Å². The van der Waals surface area contributed by atoms with Gasteiger partial charge in [-0.1, -0.05) is 32.1 Å². The molecule has 1 nitrogen and oxygen atoms in total. The number of fused-ring (bicyclic) bond motifs is 4. The van der Waals surface area contributed by atoms with Gasteiger partial charge in [-0.3, -0.25) is 0 Å². The van der Waals surface area contributed by atoms with Crippen LogP contribution in [0.5, 0.6) is 0 Å². The van der Waals surface area contributed by atoms with Crippen LogP contribution < -0.4 is 0 Å². The molecular weight excluding hydrogens is 196 g/mol. The van der Waals surface area contributed by atoms with Crippen LogP contribution in [-0.2, 0) is 4.74 Å². The van der Waals surface area contributed by atoms with Crippen molar-refractivity contribution in [2.75, 3.05) is 0 Å². The molecule has 0 saturated heterocycles. The largest absolute Gasteiger partial charge is 0.356 e. The van der Waals surface area contributed by atoms with Crippen molar-refractivity contribution in [1.82, 2.24) is 0 Å². The fourth-order valence-corrected chi connectivity index (χ4v) is 3.39. The molecular formula is C15H20O. The highest BCUT2D eigenvalue weighted by Gasteiger charge is 2.53. The number of rotatable bonds is 1.